The van der Waals surface area contributed by atoms with Crippen LogP contribution in [0.4, 0.5) is 0 Å². The number of nitrogens with two attached hydrogens (primary N) is 3. The maximum absolute atomic E-state index is 13.1. The zero-order valence-corrected chi connectivity index (χ0v) is 19.6. The highest BCUT2D eigenvalue weighted by molar-refractivity contribution is 7.98. The SMILES string of the molecule is CSCCC(NC(=O)C(CCCN=C(N)N)NC(=O)C(N)CO)C(=O)N1CCCC1C(=O)O. The van der Waals surface area contributed by atoms with Crippen LogP contribution in [0.25, 0.3) is 0 Å². The molecule has 10 N–H and O–H groups in total. The number of aliphatic carboxylic acids is 1. The molecular formula is C19H35N7O6S. The minimum Gasteiger partial charge on any atom is -0.480 e. The smallest absolute Gasteiger partial charge is 0.326 e. The zero-order valence-electron chi connectivity index (χ0n) is 18.7. The summed E-state index contributed by atoms with van der Waals surface area (Å²) in [5, 5.41) is 23.6. The van der Waals surface area contributed by atoms with Gasteiger partial charge in [-0.3, -0.25) is 19.4 Å². The van der Waals surface area contributed by atoms with E-state index in [9.17, 15) is 24.3 Å². The van der Waals surface area contributed by atoms with Crippen molar-refractivity contribution < 1.29 is 29.4 Å². The van der Waals surface area contributed by atoms with Gasteiger partial charge in [0.05, 0.1) is 6.61 Å². The van der Waals surface area contributed by atoms with Crippen LogP contribution in [0.1, 0.15) is 32.1 Å². The topological polar surface area (TPSA) is 226 Å². The molecule has 13 nitrogen and oxygen atoms in total. The molecule has 0 aromatic rings. The van der Waals surface area contributed by atoms with Crippen molar-refractivity contribution in [3.63, 3.8) is 0 Å². The number of nitrogens with zero attached hydrogens (tertiary/aromatic N) is 2. The monoisotopic (exact) mass is 489 g/mol. The molecule has 0 bridgehead atoms. The Labute approximate surface area is 196 Å². The fourth-order valence-corrected chi connectivity index (χ4v) is 3.86. The summed E-state index contributed by atoms with van der Waals surface area (Å²) < 4.78 is 0. The molecule has 0 aromatic carbocycles. The van der Waals surface area contributed by atoms with E-state index in [0.717, 1.165) is 0 Å². The lowest BCUT2D eigenvalue weighted by molar-refractivity contribution is -0.149. The number of amides is 3. The van der Waals surface area contributed by atoms with Gasteiger partial charge in [0.25, 0.3) is 0 Å². The Morgan fingerprint density at radius 1 is 1.15 bits per heavy atom. The number of aliphatic hydroxyl groups is 1. The molecule has 1 aliphatic rings. The first kappa shape index (κ1) is 28.5. The third-order valence-electron chi connectivity index (χ3n) is 5.16. The minimum absolute atomic E-state index is 0.108. The van der Waals surface area contributed by atoms with Crippen molar-refractivity contribution in [1.29, 1.82) is 0 Å². The number of hydrogen-bond donors (Lipinski definition) is 7. The highest BCUT2D eigenvalue weighted by atomic mass is 32.2. The van der Waals surface area contributed by atoms with Crippen LogP contribution in [0.15, 0.2) is 4.99 Å². The molecule has 4 unspecified atom stereocenters. The van der Waals surface area contributed by atoms with E-state index in [1.165, 1.54) is 16.7 Å². The van der Waals surface area contributed by atoms with Crippen LogP contribution in [0, 0.1) is 0 Å². The molecule has 1 fully saturated rings. The summed E-state index contributed by atoms with van der Waals surface area (Å²) in [5.74, 6) is -2.46. The van der Waals surface area contributed by atoms with Gasteiger partial charge in [0.15, 0.2) is 5.96 Å². The summed E-state index contributed by atoms with van der Waals surface area (Å²) in [7, 11) is 0. The van der Waals surface area contributed by atoms with E-state index in [2.05, 4.69) is 15.6 Å². The summed E-state index contributed by atoms with van der Waals surface area (Å²) in [6.07, 6.45) is 3.56. The van der Waals surface area contributed by atoms with Gasteiger partial charge in [0, 0.05) is 13.1 Å². The van der Waals surface area contributed by atoms with Crippen LogP contribution in [0.5, 0.6) is 0 Å². The van der Waals surface area contributed by atoms with E-state index in [4.69, 9.17) is 22.3 Å². The van der Waals surface area contributed by atoms with Crippen molar-refractivity contribution in [1.82, 2.24) is 15.5 Å². The summed E-state index contributed by atoms with van der Waals surface area (Å²) in [6.45, 7) is -0.0864. The Bertz CT molecular complexity index is 719. The van der Waals surface area contributed by atoms with Crippen molar-refractivity contribution in [2.24, 2.45) is 22.2 Å². The molecule has 3 amide bonds. The molecule has 4 atom stereocenters. The van der Waals surface area contributed by atoms with E-state index in [0.29, 0.717) is 38.0 Å². The normalized spacial score (nSPS) is 18.2. The van der Waals surface area contributed by atoms with Gasteiger partial charge in [-0.05, 0) is 44.1 Å². The van der Waals surface area contributed by atoms with Gasteiger partial charge in [-0.25, -0.2) is 4.79 Å². The molecule has 1 rings (SSSR count). The first-order valence-corrected chi connectivity index (χ1v) is 12.1. The second kappa shape index (κ2) is 14.5. The Morgan fingerprint density at radius 2 is 1.82 bits per heavy atom. The van der Waals surface area contributed by atoms with Crippen molar-refractivity contribution in [3.8, 4) is 0 Å². The number of thioether (sulfide) groups is 1. The fourth-order valence-electron chi connectivity index (χ4n) is 3.39. The summed E-state index contributed by atoms with van der Waals surface area (Å²) in [5.41, 5.74) is 16.1. The van der Waals surface area contributed by atoms with Crippen LogP contribution in [-0.2, 0) is 19.2 Å². The minimum atomic E-state index is -1.21. The summed E-state index contributed by atoms with van der Waals surface area (Å²) >= 11 is 1.48. The number of carbonyl (C=O) groups excluding carboxylic acids is 3. The van der Waals surface area contributed by atoms with Crippen molar-refractivity contribution in [2.75, 3.05) is 31.7 Å². The largest absolute Gasteiger partial charge is 0.480 e. The highest BCUT2D eigenvalue weighted by Gasteiger charge is 2.38. The molecule has 0 aromatic heterocycles. The number of guanidine groups is 1. The number of rotatable bonds is 14. The molecule has 188 valence electrons. The Kier molecular flexibility index (Phi) is 12.5. The maximum atomic E-state index is 13.1. The van der Waals surface area contributed by atoms with Crippen molar-refractivity contribution in [2.45, 2.75) is 56.3 Å². The van der Waals surface area contributed by atoms with Gasteiger partial charge in [-0.1, -0.05) is 0 Å². The van der Waals surface area contributed by atoms with Crippen LogP contribution >= 0.6 is 11.8 Å². The zero-order chi connectivity index (χ0) is 25.0. The van der Waals surface area contributed by atoms with E-state index in [1.54, 1.807) is 0 Å². The number of nitrogens with one attached hydrogen (secondary N) is 2. The lowest BCUT2D eigenvalue weighted by Crippen LogP contribution is -2.57. The number of aliphatic imine (C=N–C) groups is 1. The number of carbonyl (C=O) groups is 4. The summed E-state index contributed by atoms with van der Waals surface area (Å²) in [6, 6.07) is -4.15. The lowest BCUT2D eigenvalue weighted by atomic mass is 10.1. The van der Waals surface area contributed by atoms with Crippen LogP contribution in [0.3, 0.4) is 0 Å². The van der Waals surface area contributed by atoms with Crippen LogP contribution in [-0.4, -0.2) is 101 Å². The molecule has 0 saturated carbocycles. The Hall–Kier alpha value is -2.58. The van der Waals surface area contributed by atoms with Gasteiger partial charge in [0.2, 0.25) is 17.7 Å². The molecule has 0 aliphatic carbocycles. The first-order chi connectivity index (χ1) is 15.6. The highest BCUT2D eigenvalue weighted by Crippen LogP contribution is 2.20. The van der Waals surface area contributed by atoms with Crippen LogP contribution in [0.2, 0.25) is 0 Å². The van der Waals surface area contributed by atoms with Gasteiger partial charge < -0.3 is 42.9 Å². The quantitative estimate of drug-likeness (QED) is 0.0750. The Morgan fingerprint density at radius 3 is 2.39 bits per heavy atom. The number of hydrogen-bond acceptors (Lipinski definition) is 8. The standard InChI is InChI=1S/C19H35N7O6S/c1-33-9-6-13(17(30)26-8-3-5-14(26)18(31)32)25-16(29)12(4-2-7-23-19(21)22)24-15(28)11(20)10-27/h11-14,27H,2-10,20H2,1H3,(H,24,28)(H,25,29)(H,31,32)(H4,21,22,23). The average molecular weight is 490 g/mol. The lowest BCUT2D eigenvalue weighted by Gasteiger charge is -2.29. The Balaban J connectivity index is 2.97. The van der Waals surface area contributed by atoms with Gasteiger partial charge in [0.1, 0.15) is 24.2 Å². The van der Waals surface area contributed by atoms with Crippen molar-refractivity contribution in [3.05, 3.63) is 0 Å². The molecular weight excluding hydrogens is 454 g/mol. The first-order valence-electron chi connectivity index (χ1n) is 10.7. The predicted molar refractivity (Wildman–Crippen MR) is 124 cm³/mol. The fraction of sp³-hybridized carbons (Fsp3) is 0.737. The van der Waals surface area contributed by atoms with Gasteiger partial charge in [-0.2, -0.15) is 11.8 Å². The third kappa shape index (κ3) is 9.43. The maximum Gasteiger partial charge on any atom is 0.326 e. The van der Waals surface area contributed by atoms with Crippen LogP contribution < -0.4 is 27.8 Å². The number of likely N-dealkylation sites (tertiary alicyclic amines) is 1. The van der Waals surface area contributed by atoms with E-state index in [1.807, 2.05) is 6.26 Å². The molecule has 33 heavy (non-hydrogen) atoms. The van der Waals surface area contributed by atoms with Gasteiger partial charge >= 0.3 is 5.97 Å². The second-order valence-electron chi connectivity index (χ2n) is 7.67. The second-order valence-corrected chi connectivity index (χ2v) is 8.66. The molecule has 1 heterocycles. The van der Waals surface area contributed by atoms with Gasteiger partial charge in [-0.15, -0.1) is 0 Å². The number of carboxylic acids is 1. The molecule has 0 spiro atoms. The number of aliphatic hydroxyl groups excluding tert-OH is 1. The van der Waals surface area contributed by atoms with E-state index >= 15 is 0 Å². The molecule has 0 radical (unpaired) electrons. The average Bonchev–Trinajstić information content (AvgIpc) is 3.27. The number of carboxylic acid groups (broad SMARTS) is 1. The molecule has 1 aliphatic heterocycles. The van der Waals surface area contributed by atoms with E-state index in [-0.39, 0.29) is 18.9 Å². The predicted octanol–water partition coefficient (Wildman–Crippen LogP) is -2.84. The molecule has 14 heteroatoms. The molecule has 1 saturated heterocycles. The third-order valence-corrected chi connectivity index (χ3v) is 5.80. The van der Waals surface area contributed by atoms with Crippen molar-refractivity contribution >= 4 is 41.4 Å². The summed E-state index contributed by atoms with van der Waals surface area (Å²) in [4.78, 5) is 54.9. The van der Waals surface area contributed by atoms with E-state index < -0.39 is 54.5 Å².